The zero-order valence-corrected chi connectivity index (χ0v) is 20.8. The van der Waals surface area contributed by atoms with E-state index in [2.05, 4.69) is 17.5 Å². The maximum absolute atomic E-state index is 12.4. The zero-order valence-electron chi connectivity index (χ0n) is 20.8. The predicted octanol–water partition coefficient (Wildman–Crippen LogP) is 6.59. The number of benzene rings is 2. The number of rotatable bonds is 15. The van der Waals surface area contributed by atoms with Crippen molar-refractivity contribution < 1.29 is 19.1 Å². The van der Waals surface area contributed by atoms with Crippen LogP contribution in [0.3, 0.4) is 0 Å². The van der Waals surface area contributed by atoms with Crippen LogP contribution in [-0.4, -0.2) is 25.2 Å². The summed E-state index contributed by atoms with van der Waals surface area (Å²) in [6.07, 6.45) is 13.0. The molecule has 0 aliphatic heterocycles. The number of nitrogens with zero attached hydrogens (tertiary/aromatic N) is 1. The highest BCUT2D eigenvalue weighted by Crippen LogP contribution is 2.28. The molecule has 0 atom stereocenters. The monoisotopic (exact) mass is 466 g/mol. The minimum Gasteiger partial charge on any atom is -0.493 e. The van der Waals surface area contributed by atoms with Crippen LogP contribution in [0.2, 0.25) is 0 Å². The largest absolute Gasteiger partial charge is 0.493 e. The zero-order chi connectivity index (χ0) is 24.6. The minimum absolute atomic E-state index is 0.0881. The van der Waals surface area contributed by atoms with Crippen molar-refractivity contribution in [3.63, 3.8) is 0 Å². The number of aryl methyl sites for hydroxylation is 1. The molecule has 0 saturated carbocycles. The van der Waals surface area contributed by atoms with Gasteiger partial charge in [0.1, 0.15) is 0 Å². The number of amides is 1. The van der Waals surface area contributed by atoms with Gasteiger partial charge in [0.05, 0.1) is 18.9 Å². The summed E-state index contributed by atoms with van der Waals surface area (Å²) in [6, 6.07) is 12.3. The van der Waals surface area contributed by atoms with Crippen LogP contribution in [0.1, 0.15) is 92.6 Å². The Kier molecular flexibility index (Phi) is 12.5. The van der Waals surface area contributed by atoms with Gasteiger partial charge in [0.25, 0.3) is 0 Å². The number of ether oxygens (including phenoxy) is 2. The number of esters is 1. The van der Waals surface area contributed by atoms with Crippen molar-refractivity contribution in [2.75, 3.05) is 7.11 Å². The predicted molar refractivity (Wildman–Crippen MR) is 137 cm³/mol. The molecule has 0 aromatic heterocycles. The highest BCUT2D eigenvalue weighted by Gasteiger charge is 2.12. The van der Waals surface area contributed by atoms with Crippen molar-refractivity contribution in [1.82, 2.24) is 5.43 Å². The first-order valence-electron chi connectivity index (χ1n) is 12.3. The molecule has 0 unspecified atom stereocenters. The second-order valence-corrected chi connectivity index (χ2v) is 8.54. The highest BCUT2D eigenvalue weighted by atomic mass is 16.6. The van der Waals surface area contributed by atoms with E-state index in [1.807, 2.05) is 19.1 Å². The lowest BCUT2D eigenvalue weighted by Gasteiger charge is -2.10. The minimum atomic E-state index is -0.455. The van der Waals surface area contributed by atoms with E-state index in [0.717, 1.165) is 24.0 Å². The Hall–Kier alpha value is -3.15. The molecule has 6 heteroatoms. The van der Waals surface area contributed by atoms with Crippen molar-refractivity contribution in [3.8, 4) is 11.5 Å². The second-order valence-electron chi connectivity index (χ2n) is 8.54. The van der Waals surface area contributed by atoms with E-state index < -0.39 is 5.97 Å². The number of unbranched alkanes of at least 4 members (excludes halogenated alkanes) is 8. The van der Waals surface area contributed by atoms with Crippen LogP contribution in [0.4, 0.5) is 0 Å². The molecular formula is C28H38N2O4. The van der Waals surface area contributed by atoms with Gasteiger partial charge in [-0.1, -0.05) is 76.0 Å². The summed E-state index contributed by atoms with van der Waals surface area (Å²) in [5.74, 6) is 0.184. The van der Waals surface area contributed by atoms with E-state index in [-0.39, 0.29) is 5.91 Å². The molecule has 2 aromatic carbocycles. The smallest absolute Gasteiger partial charge is 0.343 e. The molecule has 0 spiro atoms. The number of carbonyl (C=O) groups is 2. The van der Waals surface area contributed by atoms with Gasteiger partial charge < -0.3 is 9.47 Å². The third-order valence-corrected chi connectivity index (χ3v) is 5.59. The van der Waals surface area contributed by atoms with Gasteiger partial charge in [-0.2, -0.15) is 5.10 Å². The summed E-state index contributed by atoms with van der Waals surface area (Å²) >= 11 is 0. The Labute approximate surface area is 203 Å². The molecule has 2 rings (SSSR count). The van der Waals surface area contributed by atoms with Crippen molar-refractivity contribution in [1.29, 1.82) is 0 Å². The molecule has 0 aliphatic rings. The van der Waals surface area contributed by atoms with Crippen LogP contribution in [-0.2, 0) is 4.79 Å². The second kappa shape index (κ2) is 15.6. The standard InChI is InChI=1S/C28H38N2O4/c1-4-5-6-7-8-9-10-11-12-13-27(31)30-29-21-23-16-19-25(26(20-23)33-3)34-28(32)24-17-14-22(2)15-18-24/h14-21H,4-13H2,1-3H3,(H,30,31)/b29-21-. The fourth-order valence-corrected chi connectivity index (χ4v) is 3.53. The summed E-state index contributed by atoms with van der Waals surface area (Å²) in [5.41, 5.74) is 4.82. The van der Waals surface area contributed by atoms with Crippen molar-refractivity contribution in [2.45, 2.75) is 78.1 Å². The van der Waals surface area contributed by atoms with Gasteiger partial charge in [0.15, 0.2) is 11.5 Å². The molecule has 184 valence electrons. The number of nitrogens with one attached hydrogen (secondary N) is 1. The Morgan fingerprint density at radius 1 is 0.882 bits per heavy atom. The number of carbonyl (C=O) groups excluding carboxylic acids is 2. The van der Waals surface area contributed by atoms with Gasteiger partial charge >= 0.3 is 5.97 Å². The Morgan fingerprint density at radius 3 is 2.18 bits per heavy atom. The molecule has 0 heterocycles. The molecule has 0 saturated heterocycles. The quantitative estimate of drug-likeness (QED) is 0.106. The van der Waals surface area contributed by atoms with Gasteiger partial charge in [-0.15, -0.1) is 0 Å². The molecular weight excluding hydrogens is 428 g/mol. The molecule has 2 aromatic rings. The van der Waals surface area contributed by atoms with Crippen LogP contribution in [0.5, 0.6) is 11.5 Å². The van der Waals surface area contributed by atoms with E-state index in [1.54, 1.807) is 36.5 Å². The topological polar surface area (TPSA) is 77.0 Å². The average molecular weight is 467 g/mol. The third-order valence-electron chi connectivity index (χ3n) is 5.59. The number of methoxy groups -OCH3 is 1. The third kappa shape index (κ3) is 10.2. The van der Waals surface area contributed by atoms with Crippen LogP contribution in [0.15, 0.2) is 47.6 Å². The summed E-state index contributed by atoms with van der Waals surface area (Å²) in [4.78, 5) is 24.4. The van der Waals surface area contributed by atoms with Gasteiger partial charge in [0, 0.05) is 6.42 Å². The van der Waals surface area contributed by atoms with E-state index in [0.29, 0.717) is 23.5 Å². The molecule has 6 nitrogen and oxygen atoms in total. The first-order chi connectivity index (χ1) is 16.5. The maximum atomic E-state index is 12.4. The van der Waals surface area contributed by atoms with E-state index in [4.69, 9.17) is 9.47 Å². The summed E-state index contributed by atoms with van der Waals surface area (Å²) in [7, 11) is 1.51. The molecule has 0 aliphatic carbocycles. The number of hydrogen-bond acceptors (Lipinski definition) is 5. The molecule has 0 fully saturated rings. The Bertz CT molecular complexity index is 923. The normalized spacial score (nSPS) is 10.9. The van der Waals surface area contributed by atoms with Crippen LogP contribution in [0.25, 0.3) is 0 Å². The first kappa shape index (κ1) is 27.1. The lowest BCUT2D eigenvalue weighted by molar-refractivity contribution is -0.121. The molecule has 34 heavy (non-hydrogen) atoms. The molecule has 1 N–H and O–H groups in total. The van der Waals surface area contributed by atoms with Crippen LogP contribution >= 0.6 is 0 Å². The van der Waals surface area contributed by atoms with Crippen molar-refractivity contribution >= 4 is 18.1 Å². The van der Waals surface area contributed by atoms with E-state index >= 15 is 0 Å². The van der Waals surface area contributed by atoms with Gasteiger partial charge in [-0.05, 0) is 49.2 Å². The maximum Gasteiger partial charge on any atom is 0.343 e. The Morgan fingerprint density at radius 2 is 1.53 bits per heavy atom. The molecule has 0 bridgehead atoms. The molecule has 1 amide bonds. The van der Waals surface area contributed by atoms with Crippen molar-refractivity contribution in [3.05, 3.63) is 59.2 Å². The van der Waals surface area contributed by atoms with E-state index in [9.17, 15) is 9.59 Å². The summed E-state index contributed by atoms with van der Waals surface area (Å²) in [5, 5.41) is 4.03. The first-order valence-corrected chi connectivity index (χ1v) is 12.3. The summed E-state index contributed by atoms with van der Waals surface area (Å²) in [6.45, 7) is 4.19. The van der Waals surface area contributed by atoms with E-state index in [1.165, 1.54) is 52.1 Å². The SMILES string of the molecule is CCCCCCCCCCCC(=O)N/N=C\c1ccc(OC(=O)c2ccc(C)cc2)c(OC)c1. The highest BCUT2D eigenvalue weighted by molar-refractivity contribution is 5.91. The van der Waals surface area contributed by atoms with Crippen LogP contribution < -0.4 is 14.9 Å². The van der Waals surface area contributed by atoms with Crippen LogP contribution in [0, 0.1) is 6.92 Å². The summed E-state index contributed by atoms with van der Waals surface area (Å²) < 4.78 is 10.8. The lowest BCUT2D eigenvalue weighted by Crippen LogP contribution is -2.16. The number of hydrazone groups is 1. The van der Waals surface area contributed by atoms with Gasteiger partial charge in [0.2, 0.25) is 5.91 Å². The fourth-order valence-electron chi connectivity index (χ4n) is 3.53. The van der Waals surface area contributed by atoms with Gasteiger partial charge in [-0.3, -0.25) is 4.79 Å². The fraction of sp³-hybridized carbons (Fsp3) is 0.464. The van der Waals surface area contributed by atoms with Gasteiger partial charge in [-0.25, -0.2) is 10.2 Å². The number of hydrogen-bond donors (Lipinski definition) is 1. The Balaban J connectivity index is 1.73. The van der Waals surface area contributed by atoms with Crippen molar-refractivity contribution in [2.24, 2.45) is 5.10 Å². The average Bonchev–Trinajstić information content (AvgIpc) is 2.84. The lowest BCUT2D eigenvalue weighted by atomic mass is 10.1. The molecule has 0 radical (unpaired) electrons.